The van der Waals surface area contributed by atoms with E-state index in [1.54, 1.807) is 26.1 Å². The Bertz CT molecular complexity index is 1430. The molecule has 0 bridgehead atoms. The Morgan fingerprint density at radius 3 is 2.60 bits per heavy atom. The lowest BCUT2D eigenvalue weighted by Crippen LogP contribution is -2.28. The number of hydrogen-bond acceptors (Lipinski definition) is 5. The highest BCUT2D eigenvalue weighted by Crippen LogP contribution is 2.37. The fourth-order valence-electron chi connectivity index (χ4n) is 4.60. The summed E-state index contributed by atoms with van der Waals surface area (Å²) in [5.74, 6) is 0.0545. The summed E-state index contributed by atoms with van der Waals surface area (Å²) in [7, 11) is 0. The lowest BCUT2D eigenvalue weighted by atomic mass is 9.81. The first-order chi connectivity index (χ1) is 17.2. The van der Waals surface area contributed by atoms with E-state index in [0.29, 0.717) is 46.5 Å². The zero-order valence-corrected chi connectivity index (χ0v) is 19.5. The molecule has 1 aliphatic carbocycles. The van der Waals surface area contributed by atoms with Gasteiger partial charge >= 0.3 is 6.18 Å². The predicted molar refractivity (Wildman–Crippen MR) is 121 cm³/mol. The van der Waals surface area contributed by atoms with Crippen LogP contribution in [-0.2, 0) is 13.0 Å². The van der Waals surface area contributed by atoms with Crippen molar-refractivity contribution < 1.29 is 24.8 Å². The van der Waals surface area contributed by atoms with Crippen molar-refractivity contribution in [2.24, 2.45) is 5.92 Å². The number of aryl methyl sites for hydroxylation is 2. The second-order valence-corrected chi connectivity index (χ2v) is 9.41. The van der Waals surface area contributed by atoms with Crippen LogP contribution in [0.1, 0.15) is 46.8 Å². The second kappa shape index (κ2) is 8.46. The molecule has 4 aromatic rings. The van der Waals surface area contributed by atoms with Crippen LogP contribution in [0, 0.1) is 19.8 Å². The average Bonchev–Trinajstić information content (AvgIpc) is 3.49. The molecule has 0 saturated heterocycles. The molecular formula is C24H26F4N6O. The number of rotatable bonds is 5. The summed E-state index contributed by atoms with van der Waals surface area (Å²) in [6.07, 6.45) is 0.728. The molecule has 0 atom stereocenters. The molecule has 35 heavy (non-hydrogen) atoms. The highest BCUT2D eigenvalue weighted by Gasteiger charge is 2.32. The molecule has 0 unspecified atom stereocenters. The fourth-order valence-corrected chi connectivity index (χ4v) is 4.60. The van der Waals surface area contributed by atoms with E-state index < -0.39 is 30.8 Å². The topological polar surface area (TPSA) is 74.6 Å². The van der Waals surface area contributed by atoms with Gasteiger partial charge in [-0.05, 0) is 58.4 Å². The summed E-state index contributed by atoms with van der Waals surface area (Å²) in [5.41, 5.74) is 1.82. The standard InChI is InChI=1S/C24H26F4N6O/c1-14-20(15(2)35-32-14)17-8-19-22(29-9-17)21(18-10-30-33(12-18)13-24(26,27)28)31-34(19)11-16-4-6-23(3,25)7-5-16/h8-10,12,16H,4-7,11,13H2,1-3H3/i11D2. The van der Waals surface area contributed by atoms with Crippen molar-refractivity contribution in [1.82, 2.24) is 29.7 Å². The van der Waals surface area contributed by atoms with Crippen molar-refractivity contribution in [2.75, 3.05) is 0 Å². The molecule has 0 spiro atoms. The molecule has 0 N–H and O–H groups in total. The van der Waals surface area contributed by atoms with Crippen molar-refractivity contribution in [3.05, 3.63) is 36.1 Å². The molecule has 0 aliphatic heterocycles. The van der Waals surface area contributed by atoms with Gasteiger partial charge in [0, 0.05) is 35.6 Å². The average molecular weight is 493 g/mol. The van der Waals surface area contributed by atoms with Crippen molar-refractivity contribution in [1.29, 1.82) is 0 Å². The molecule has 4 heterocycles. The summed E-state index contributed by atoms with van der Waals surface area (Å²) in [5, 5.41) is 12.3. The molecule has 11 heteroatoms. The molecular weight excluding hydrogens is 464 g/mol. The Balaban J connectivity index is 1.65. The van der Waals surface area contributed by atoms with Crippen molar-refractivity contribution in [2.45, 2.75) is 71.3 Å². The van der Waals surface area contributed by atoms with E-state index in [2.05, 4.69) is 20.3 Å². The quantitative estimate of drug-likeness (QED) is 0.317. The Morgan fingerprint density at radius 1 is 1.20 bits per heavy atom. The first-order valence-electron chi connectivity index (χ1n) is 12.4. The van der Waals surface area contributed by atoms with Crippen LogP contribution in [0.15, 0.2) is 29.2 Å². The molecule has 0 aromatic carbocycles. The zero-order valence-electron chi connectivity index (χ0n) is 21.5. The molecule has 0 amide bonds. The van der Waals surface area contributed by atoms with Gasteiger partial charge in [0.1, 0.15) is 29.2 Å². The highest BCUT2D eigenvalue weighted by molar-refractivity contribution is 5.92. The summed E-state index contributed by atoms with van der Waals surface area (Å²) in [6.45, 7) is 1.79. The fraction of sp³-hybridized carbons (Fsp3) is 0.500. The maximum absolute atomic E-state index is 14.5. The molecule has 5 rings (SSSR count). The van der Waals surface area contributed by atoms with Gasteiger partial charge in [-0.2, -0.15) is 23.4 Å². The minimum atomic E-state index is -4.45. The maximum Gasteiger partial charge on any atom is 0.408 e. The number of alkyl halides is 4. The van der Waals surface area contributed by atoms with E-state index in [0.717, 1.165) is 4.68 Å². The third kappa shape index (κ3) is 4.81. The van der Waals surface area contributed by atoms with E-state index in [1.807, 2.05) is 0 Å². The van der Waals surface area contributed by atoms with Gasteiger partial charge in [-0.3, -0.25) is 14.3 Å². The monoisotopic (exact) mass is 492 g/mol. The molecule has 1 aliphatic rings. The molecule has 4 aromatic heterocycles. The van der Waals surface area contributed by atoms with Crippen LogP contribution in [-0.4, -0.2) is 41.5 Å². The second-order valence-electron chi connectivity index (χ2n) is 9.41. The molecule has 186 valence electrons. The Morgan fingerprint density at radius 2 is 1.94 bits per heavy atom. The predicted octanol–water partition coefficient (Wildman–Crippen LogP) is 6.05. The number of hydrogen-bond donors (Lipinski definition) is 0. The van der Waals surface area contributed by atoms with Crippen LogP contribution in [0.2, 0.25) is 0 Å². The van der Waals surface area contributed by atoms with Gasteiger partial charge in [0.05, 0.1) is 20.1 Å². The largest absolute Gasteiger partial charge is 0.408 e. The molecule has 1 fully saturated rings. The van der Waals surface area contributed by atoms with Crippen LogP contribution < -0.4 is 0 Å². The third-order valence-electron chi connectivity index (χ3n) is 6.42. The SMILES string of the molecule is [2H]C([2H])(C1CCC(C)(F)CC1)n1nc(-c2cnn(CC(F)(F)F)c2)c2ncc(-c3c(C)noc3C)cc21. The lowest BCUT2D eigenvalue weighted by Gasteiger charge is -2.31. The maximum atomic E-state index is 14.5. The number of pyridine rings is 1. The van der Waals surface area contributed by atoms with Gasteiger partial charge in [-0.1, -0.05) is 5.16 Å². The van der Waals surface area contributed by atoms with Gasteiger partial charge in [0.15, 0.2) is 0 Å². The first kappa shape index (κ1) is 21.1. The van der Waals surface area contributed by atoms with Crippen LogP contribution in [0.5, 0.6) is 0 Å². The number of aromatic nitrogens is 6. The van der Waals surface area contributed by atoms with Gasteiger partial charge in [0.2, 0.25) is 0 Å². The number of halogens is 4. The minimum Gasteiger partial charge on any atom is -0.361 e. The van der Waals surface area contributed by atoms with E-state index in [4.69, 9.17) is 7.26 Å². The van der Waals surface area contributed by atoms with Crippen molar-refractivity contribution >= 4 is 11.0 Å². The van der Waals surface area contributed by atoms with Gasteiger partial charge in [-0.25, -0.2) is 4.39 Å². The Kier molecular flexibility index (Phi) is 5.09. The summed E-state index contributed by atoms with van der Waals surface area (Å²) in [4.78, 5) is 4.54. The Labute approximate surface area is 201 Å². The highest BCUT2D eigenvalue weighted by atomic mass is 19.4. The van der Waals surface area contributed by atoms with E-state index in [-0.39, 0.29) is 24.1 Å². The van der Waals surface area contributed by atoms with Crippen LogP contribution in [0.4, 0.5) is 17.6 Å². The molecule has 7 nitrogen and oxygen atoms in total. The van der Waals surface area contributed by atoms with E-state index >= 15 is 0 Å². The molecule has 0 radical (unpaired) electrons. The van der Waals surface area contributed by atoms with Crippen molar-refractivity contribution in [3.8, 4) is 22.4 Å². The summed E-state index contributed by atoms with van der Waals surface area (Å²) >= 11 is 0. The Hall–Kier alpha value is -3.24. The van der Waals surface area contributed by atoms with Crippen LogP contribution in [0.3, 0.4) is 0 Å². The first-order valence-corrected chi connectivity index (χ1v) is 11.4. The van der Waals surface area contributed by atoms with Gasteiger partial charge in [0.25, 0.3) is 0 Å². The number of fused-ring (bicyclic) bond motifs is 1. The van der Waals surface area contributed by atoms with Gasteiger partial charge in [-0.15, -0.1) is 0 Å². The lowest BCUT2D eigenvalue weighted by molar-refractivity contribution is -0.142. The smallest absolute Gasteiger partial charge is 0.361 e. The van der Waals surface area contributed by atoms with E-state index in [1.165, 1.54) is 24.0 Å². The van der Waals surface area contributed by atoms with Crippen molar-refractivity contribution in [3.63, 3.8) is 0 Å². The summed E-state index contributed by atoms with van der Waals surface area (Å²) in [6, 6.07) is 1.73. The van der Waals surface area contributed by atoms with Crippen LogP contribution in [0.25, 0.3) is 33.4 Å². The van der Waals surface area contributed by atoms with E-state index in [9.17, 15) is 17.6 Å². The normalized spacial score (nSPS) is 22.4. The van der Waals surface area contributed by atoms with Gasteiger partial charge < -0.3 is 4.52 Å². The minimum absolute atomic E-state index is 0.212. The number of nitrogens with zero attached hydrogens (tertiary/aromatic N) is 6. The molecule has 1 saturated carbocycles. The van der Waals surface area contributed by atoms with Crippen LogP contribution >= 0.6 is 0 Å². The third-order valence-corrected chi connectivity index (χ3v) is 6.42. The summed E-state index contributed by atoms with van der Waals surface area (Å²) < 4.78 is 78.4. The zero-order chi connectivity index (χ0) is 26.8.